The maximum absolute atomic E-state index is 11.1. The first-order valence-corrected chi connectivity index (χ1v) is 4.03. The first kappa shape index (κ1) is 7.34. The lowest BCUT2D eigenvalue weighted by atomic mass is 10.3. The minimum Gasteiger partial charge on any atom is -0.364 e. The van der Waals surface area contributed by atoms with Crippen LogP contribution in [0, 0.1) is 5.92 Å². The number of carbonyl (C=O) groups is 1. The van der Waals surface area contributed by atoms with Crippen molar-refractivity contribution in [3.63, 3.8) is 0 Å². The second kappa shape index (κ2) is 2.97. The van der Waals surface area contributed by atoms with E-state index >= 15 is 0 Å². The van der Waals surface area contributed by atoms with Gasteiger partial charge >= 0.3 is 0 Å². The quantitative estimate of drug-likeness (QED) is 0.719. The molecule has 0 saturated heterocycles. The number of hydrogen-bond acceptors (Lipinski definition) is 3. The van der Waals surface area contributed by atoms with Crippen LogP contribution < -0.4 is 5.32 Å². The number of hydrogen-bond donors (Lipinski definition) is 1. The molecule has 0 aliphatic heterocycles. The maximum Gasteiger partial charge on any atom is 0.223 e. The Labute approximate surface area is 69.9 Å². The van der Waals surface area contributed by atoms with E-state index in [-0.39, 0.29) is 11.8 Å². The van der Waals surface area contributed by atoms with Crippen LogP contribution in [0.5, 0.6) is 0 Å². The molecule has 1 saturated carbocycles. The Hall–Kier alpha value is -1.32. The molecule has 0 atom stereocenters. The normalized spacial score (nSPS) is 16.0. The Morgan fingerprint density at radius 2 is 2.58 bits per heavy atom. The van der Waals surface area contributed by atoms with Gasteiger partial charge in [-0.1, -0.05) is 5.16 Å². The van der Waals surface area contributed by atoms with E-state index in [2.05, 4.69) is 15.0 Å². The van der Waals surface area contributed by atoms with Crippen molar-refractivity contribution in [2.75, 3.05) is 0 Å². The van der Waals surface area contributed by atoms with Crippen molar-refractivity contribution in [1.82, 2.24) is 10.5 Å². The van der Waals surface area contributed by atoms with Gasteiger partial charge in [0, 0.05) is 12.0 Å². The molecule has 12 heavy (non-hydrogen) atoms. The smallest absolute Gasteiger partial charge is 0.223 e. The molecule has 1 N–H and O–H groups in total. The molecule has 0 unspecified atom stereocenters. The number of nitrogens with zero attached hydrogens (tertiary/aromatic N) is 1. The van der Waals surface area contributed by atoms with E-state index in [4.69, 9.17) is 0 Å². The van der Waals surface area contributed by atoms with Crippen LogP contribution in [-0.2, 0) is 11.3 Å². The highest BCUT2D eigenvalue weighted by atomic mass is 16.5. The highest BCUT2D eigenvalue weighted by Crippen LogP contribution is 2.28. The number of amides is 1. The molecular weight excluding hydrogens is 156 g/mol. The third-order valence-corrected chi connectivity index (χ3v) is 1.88. The van der Waals surface area contributed by atoms with Crippen LogP contribution in [0.2, 0.25) is 0 Å². The molecule has 4 nitrogen and oxygen atoms in total. The van der Waals surface area contributed by atoms with E-state index in [1.165, 1.54) is 6.26 Å². The fraction of sp³-hybridized carbons (Fsp3) is 0.500. The second-order valence-electron chi connectivity index (χ2n) is 2.98. The number of aromatic nitrogens is 1. The zero-order valence-corrected chi connectivity index (χ0v) is 6.62. The molecule has 0 spiro atoms. The fourth-order valence-corrected chi connectivity index (χ4v) is 0.996. The standard InChI is InChI=1S/C8H10N2O2/c11-8(6-1-2-6)9-5-7-3-4-12-10-7/h3-4,6H,1-2,5H2,(H,9,11). The molecular formula is C8H10N2O2. The van der Waals surface area contributed by atoms with Gasteiger partial charge in [-0.2, -0.15) is 0 Å². The summed E-state index contributed by atoms with van der Waals surface area (Å²) in [5, 5.41) is 6.46. The average Bonchev–Trinajstić information content (AvgIpc) is 2.80. The fourth-order valence-electron chi connectivity index (χ4n) is 0.996. The van der Waals surface area contributed by atoms with E-state index < -0.39 is 0 Å². The van der Waals surface area contributed by atoms with Crippen LogP contribution in [0.3, 0.4) is 0 Å². The van der Waals surface area contributed by atoms with Gasteiger partial charge in [0.2, 0.25) is 5.91 Å². The van der Waals surface area contributed by atoms with E-state index in [9.17, 15) is 4.79 Å². The van der Waals surface area contributed by atoms with Crippen LogP contribution in [0.1, 0.15) is 18.5 Å². The summed E-state index contributed by atoms with van der Waals surface area (Å²) in [6.45, 7) is 0.478. The molecule has 1 aromatic rings. The number of rotatable bonds is 3. The number of carbonyl (C=O) groups excluding carboxylic acids is 1. The molecule has 1 aliphatic carbocycles. The van der Waals surface area contributed by atoms with Gasteiger partial charge in [-0.3, -0.25) is 4.79 Å². The van der Waals surface area contributed by atoms with Crippen molar-refractivity contribution in [3.05, 3.63) is 18.0 Å². The average molecular weight is 166 g/mol. The van der Waals surface area contributed by atoms with Crippen LogP contribution in [-0.4, -0.2) is 11.1 Å². The first-order valence-electron chi connectivity index (χ1n) is 4.03. The maximum atomic E-state index is 11.1. The van der Waals surface area contributed by atoms with Gasteiger partial charge in [-0.05, 0) is 12.8 Å². The van der Waals surface area contributed by atoms with Gasteiger partial charge in [0.25, 0.3) is 0 Å². The van der Waals surface area contributed by atoms with Crippen LogP contribution in [0.4, 0.5) is 0 Å². The molecule has 1 fully saturated rings. The van der Waals surface area contributed by atoms with Crippen molar-refractivity contribution in [2.45, 2.75) is 19.4 Å². The minimum absolute atomic E-state index is 0.137. The van der Waals surface area contributed by atoms with Gasteiger partial charge < -0.3 is 9.84 Å². The third-order valence-electron chi connectivity index (χ3n) is 1.88. The molecule has 64 valence electrons. The summed E-state index contributed by atoms with van der Waals surface area (Å²) in [6, 6.07) is 1.74. The van der Waals surface area contributed by atoms with Gasteiger partial charge in [0.1, 0.15) is 12.0 Å². The summed E-state index contributed by atoms with van der Waals surface area (Å²) in [5.41, 5.74) is 0.768. The van der Waals surface area contributed by atoms with E-state index in [1.807, 2.05) is 0 Å². The third kappa shape index (κ3) is 1.64. The van der Waals surface area contributed by atoms with Gasteiger partial charge in [0.05, 0.1) is 6.54 Å². The van der Waals surface area contributed by atoms with Crippen molar-refractivity contribution in [1.29, 1.82) is 0 Å². The van der Waals surface area contributed by atoms with Crippen molar-refractivity contribution in [3.8, 4) is 0 Å². The van der Waals surface area contributed by atoms with Gasteiger partial charge in [-0.15, -0.1) is 0 Å². The summed E-state index contributed by atoms with van der Waals surface area (Å²) in [4.78, 5) is 11.1. The molecule has 4 heteroatoms. The molecule has 2 rings (SSSR count). The first-order chi connectivity index (χ1) is 5.86. The van der Waals surface area contributed by atoms with Crippen molar-refractivity contribution >= 4 is 5.91 Å². The molecule has 0 aromatic carbocycles. The summed E-state index contributed by atoms with van der Waals surface area (Å²) < 4.78 is 4.62. The molecule has 1 amide bonds. The van der Waals surface area contributed by atoms with Crippen molar-refractivity contribution < 1.29 is 9.32 Å². The minimum atomic E-state index is 0.137. The van der Waals surface area contributed by atoms with Crippen LogP contribution in [0.15, 0.2) is 16.9 Å². The molecule has 1 aromatic heterocycles. The summed E-state index contributed by atoms with van der Waals surface area (Å²) in [7, 11) is 0. The summed E-state index contributed by atoms with van der Waals surface area (Å²) in [6.07, 6.45) is 3.56. The Balaban J connectivity index is 1.78. The Morgan fingerprint density at radius 3 is 3.17 bits per heavy atom. The monoisotopic (exact) mass is 166 g/mol. The topological polar surface area (TPSA) is 55.1 Å². The molecule has 1 heterocycles. The van der Waals surface area contributed by atoms with E-state index in [1.54, 1.807) is 6.07 Å². The Kier molecular flexibility index (Phi) is 1.81. The highest BCUT2D eigenvalue weighted by Gasteiger charge is 2.29. The summed E-state index contributed by atoms with van der Waals surface area (Å²) in [5.74, 6) is 0.398. The SMILES string of the molecule is O=C(NCc1ccon1)C1CC1. The van der Waals surface area contributed by atoms with Gasteiger partial charge in [0.15, 0.2) is 0 Å². The van der Waals surface area contributed by atoms with E-state index in [0.29, 0.717) is 6.54 Å². The van der Waals surface area contributed by atoms with E-state index in [0.717, 1.165) is 18.5 Å². The molecule has 0 bridgehead atoms. The van der Waals surface area contributed by atoms with Gasteiger partial charge in [-0.25, -0.2) is 0 Å². The predicted octanol–water partition coefficient (Wildman–Crippen LogP) is 0.701. The lowest BCUT2D eigenvalue weighted by Gasteiger charge is -1.98. The largest absolute Gasteiger partial charge is 0.364 e. The number of nitrogens with one attached hydrogen (secondary N) is 1. The zero-order valence-electron chi connectivity index (χ0n) is 6.62. The van der Waals surface area contributed by atoms with Crippen LogP contribution in [0.25, 0.3) is 0 Å². The summed E-state index contributed by atoms with van der Waals surface area (Å²) >= 11 is 0. The van der Waals surface area contributed by atoms with Crippen LogP contribution >= 0.6 is 0 Å². The predicted molar refractivity (Wildman–Crippen MR) is 41.1 cm³/mol. The molecule has 1 aliphatic rings. The Morgan fingerprint density at radius 1 is 1.75 bits per heavy atom. The lowest BCUT2D eigenvalue weighted by molar-refractivity contribution is -0.122. The molecule has 0 radical (unpaired) electrons. The zero-order chi connectivity index (χ0) is 8.39. The second-order valence-corrected chi connectivity index (χ2v) is 2.98. The Bertz CT molecular complexity index is 265. The highest BCUT2D eigenvalue weighted by molar-refractivity contribution is 5.80. The van der Waals surface area contributed by atoms with Crippen molar-refractivity contribution in [2.24, 2.45) is 5.92 Å². The lowest BCUT2D eigenvalue weighted by Crippen LogP contribution is -2.24.